The summed E-state index contributed by atoms with van der Waals surface area (Å²) < 4.78 is 23.9. The smallest absolute Gasteiger partial charge is 0.325 e. The average molecular weight is 395 g/mol. The number of hydrogen-bond donors (Lipinski definition) is 1. The van der Waals surface area contributed by atoms with Crippen LogP contribution in [0.5, 0.6) is 5.75 Å². The Kier molecular flexibility index (Phi) is 4.54. The topological polar surface area (TPSA) is 84.7 Å². The molecule has 0 radical (unpaired) electrons. The Labute approximate surface area is 166 Å². The molecular formula is C21H18FN3O4. The fourth-order valence-corrected chi connectivity index (χ4v) is 3.35. The van der Waals surface area contributed by atoms with Gasteiger partial charge in [0.05, 0.1) is 13.7 Å². The molecule has 0 spiro atoms. The fraction of sp³-hybridized carbons (Fsp3) is 0.190. The van der Waals surface area contributed by atoms with Gasteiger partial charge in [0.2, 0.25) is 0 Å². The molecule has 1 unspecified atom stereocenters. The first-order valence-electron chi connectivity index (χ1n) is 8.91. The molecule has 1 N–H and O–H groups in total. The quantitative estimate of drug-likeness (QED) is 0.669. The van der Waals surface area contributed by atoms with E-state index in [9.17, 15) is 14.0 Å². The van der Waals surface area contributed by atoms with Crippen molar-refractivity contribution in [2.45, 2.75) is 19.0 Å². The van der Waals surface area contributed by atoms with Crippen molar-refractivity contribution in [3.05, 3.63) is 71.7 Å². The fourth-order valence-electron chi connectivity index (χ4n) is 3.35. The van der Waals surface area contributed by atoms with Crippen molar-refractivity contribution in [2.24, 2.45) is 0 Å². The highest BCUT2D eigenvalue weighted by Gasteiger charge is 2.49. The number of benzene rings is 2. The molecule has 1 aliphatic rings. The van der Waals surface area contributed by atoms with E-state index in [0.29, 0.717) is 22.8 Å². The van der Waals surface area contributed by atoms with Crippen LogP contribution < -0.4 is 10.1 Å². The van der Waals surface area contributed by atoms with Gasteiger partial charge in [-0.25, -0.2) is 9.18 Å². The Morgan fingerprint density at radius 2 is 1.90 bits per heavy atom. The summed E-state index contributed by atoms with van der Waals surface area (Å²) in [6.45, 7) is 1.50. The van der Waals surface area contributed by atoms with Crippen LogP contribution in [0.25, 0.3) is 11.3 Å². The van der Waals surface area contributed by atoms with Crippen LogP contribution in [0, 0.1) is 5.82 Å². The van der Waals surface area contributed by atoms with Gasteiger partial charge in [-0.3, -0.25) is 9.69 Å². The number of rotatable bonds is 5. The predicted molar refractivity (Wildman–Crippen MR) is 101 cm³/mol. The number of ether oxygens (including phenoxy) is 1. The molecule has 0 saturated carbocycles. The van der Waals surface area contributed by atoms with Crippen molar-refractivity contribution in [3.63, 3.8) is 0 Å². The summed E-state index contributed by atoms with van der Waals surface area (Å²) in [5, 5.41) is 6.70. The van der Waals surface area contributed by atoms with Crippen molar-refractivity contribution >= 4 is 11.9 Å². The third kappa shape index (κ3) is 3.22. The highest BCUT2D eigenvalue weighted by atomic mass is 19.1. The third-order valence-corrected chi connectivity index (χ3v) is 4.95. The van der Waals surface area contributed by atoms with Crippen molar-refractivity contribution in [3.8, 4) is 17.0 Å². The maximum absolute atomic E-state index is 13.2. The molecule has 0 aliphatic carbocycles. The predicted octanol–water partition coefficient (Wildman–Crippen LogP) is 3.46. The SMILES string of the molecule is COc1ccccc1-c1cc(CN2C(=O)NC(C)(c3ccc(F)cc3)C2=O)on1. The first-order valence-corrected chi connectivity index (χ1v) is 8.91. The molecule has 2 aromatic carbocycles. The van der Waals surface area contributed by atoms with E-state index < -0.39 is 23.3 Å². The number of amides is 3. The zero-order valence-electron chi connectivity index (χ0n) is 15.8. The minimum atomic E-state index is -1.28. The summed E-state index contributed by atoms with van der Waals surface area (Å²) in [6, 6.07) is 13.9. The molecule has 29 heavy (non-hydrogen) atoms. The number of para-hydroxylation sites is 1. The molecule has 1 fully saturated rings. The van der Waals surface area contributed by atoms with Gasteiger partial charge in [-0.2, -0.15) is 0 Å². The van der Waals surface area contributed by atoms with E-state index in [1.54, 1.807) is 26.2 Å². The van der Waals surface area contributed by atoms with Crippen molar-refractivity contribution in [1.82, 2.24) is 15.4 Å². The Morgan fingerprint density at radius 1 is 1.17 bits per heavy atom. The minimum absolute atomic E-state index is 0.0798. The first-order chi connectivity index (χ1) is 13.9. The van der Waals surface area contributed by atoms with Gasteiger partial charge in [-0.05, 0) is 36.8 Å². The number of nitrogens with zero attached hydrogens (tertiary/aromatic N) is 2. The number of carbonyl (C=O) groups excluding carboxylic acids is 2. The molecule has 1 saturated heterocycles. The van der Waals surface area contributed by atoms with E-state index in [2.05, 4.69) is 10.5 Å². The molecule has 4 rings (SSSR count). The average Bonchev–Trinajstić information content (AvgIpc) is 3.27. The number of nitrogens with one attached hydrogen (secondary N) is 1. The summed E-state index contributed by atoms with van der Waals surface area (Å²) in [4.78, 5) is 26.5. The summed E-state index contributed by atoms with van der Waals surface area (Å²) >= 11 is 0. The Morgan fingerprint density at radius 3 is 2.62 bits per heavy atom. The second-order valence-corrected chi connectivity index (χ2v) is 6.83. The number of aromatic nitrogens is 1. The Bertz CT molecular complexity index is 1080. The van der Waals surface area contributed by atoms with Crippen LogP contribution >= 0.6 is 0 Å². The summed E-state index contributed by atoms with van der Waals surface area (Å²) in [5.74, 6) is 0.102. The molecule has 3 amide bonds. The molecule has 1 aliphatic heterocycles. The van der Waals surface area contributed by atoms with E-state index in [0.717, 1.165) is 10.5 Å². The van der Waals surface area contributed by atoms with Crippen LogP contribution in [0.15, 0.2) is 59.1 Å². The van der Waals surface area contributed by atoms with Gasteiger partial charge in [0.25, 0.3) is 5.91 Å². The number of carbonyl (C=O) groups is 2. The molecule has 1 atom stereocenters. The lowest BCUT2D eigenvalue weighted by Crippen LogP contribution is -2.40. The van der Waals surface area contributed by atoms with E-state index in [-0.39, 0.29) is 6.54 Å². The highest BCUT2D eigenvalue weighted by Crippen LogP contribution is 2.32. The molecule has 0 bridgehead atoms. The van der Waals surface area contributed by atoms with Gasteiger partial charge in [0, 0.05) is 11.6 Å². The van der Waals surface area contributed by atoms with Gasteiger partial charge in [0.15, 0.2) is 5.76 Å². The van der Waals surface area contributed by atoms with Crippen LogP contribution in [-0.2, 0) is 16.9 Å². The lowest BCUT2D eigenvalue weighted by molar-refractivity contribution is -0.131. The molecule has 2 heterocycles. The van der Waals surface area contributed by atoms with Gasteiger partial charge >= 0.3 is 6.03 Å². The maximum Gasteiger partial charge on any atom is 0.325 e. The molecule has 7 nitrogen and oxygen atoms in total. The van der Waals surface area contributed by atoms with Gasteiger partial charge in [-0.15, -0.1) is 0 Å². The van der Waals surface area contributed by atoms with Gasteiger partial charge < -0.3 is 14.6 Å². The highest BCUT2D eigenvalue weighted by molar-refractivity contribution is 6.07. The zero-order valence-corrected chi connectivity index (χ0v) is 15.8. The number of urea groups is 1. The van der Waals surface area contributed by atoms with Crippen LogP contribution in [0.4, 0.5) is 9.18 Å². The van der Waals surface area contributed by atoms with E-state index >= 15 is 0 Å². The van der Waals surface area contributed by atoms with Gasteiger partial charge in [-0.1, -0.05) is 29.4 Å². The largest absolute Gasteiger partial charge is 0.496 e. The normalized spacial score (nSPS) is 18.8. The first kappa shape index (κ1) is 18.7. The lowest BCUT2D eigenvalue weighted by Gasteiger charge is -2.21. The second-order valence-electron chi connectivity index (χ2n) is 6.83. The lowest BCUT2D eigenvalue weighted by atomic mass is 9.92. The molecule has 3 aromatic rings. The Balaban J connectivity index is 1.57. The maximum atomic E-state index is 13.2. The standard InChI is InChI=1S/C21H18FN3O4/c1-21(13-7-9-14(22)10-8-13)19(26)25(20(27)23-21)12-15-11-17(24-29-15)16-5-3-4-6-18(16)28-2/h3-11H,12H2,1-2H3,(H,23,27). The van der Waals surface area contributed by atoms with E-state index in [1.165, 1.54) is 24.3 Å². The van der Waals surface area contributed by atoms with Crippen molar-refractivity contribution in [1.29, 1.82) is 0 Å². The third-order valence-electron chi connectivity index (χ3n) is 4.95. The number of methoxy groups -OCH3 is 1. The summed E-state index contributed by atoms with van der Waals surface area (Å²) in [6.07, 6.45) is 0. The molecular weight excluding hydrogens is 377 g/mol. The monoisotopic (exact) mass is 395 g/mol. The second kappa shape index (κ2) is 7.05. The molecule has 8 heteroatoms. The zero-order chi connectivity index (χ0) is 20.6. The van der Waals surface area contributed by atoms with Crippen LogP contribution in [0.2, 0.25) is 0 Å². The van der Waals surface area contributed by atoms with Crippen LogP contribution in [-0.4, -0.2) is 29.1 Å². The molecule has 148 valence electrons. The Hall–Kier alpha value is -3.68. The minimum Gasteiger partial charge on any atom is -0.496 e. The van der Waals surface area contributed by atoms with Crippen molar-refractivity contribution < 1.29 is 23.2 Å². The van der Waals surface area contributed by atoms with Crippen LogP contribution in [0.3, 0.4) is 0 Å². The number of hydrogen-bond acceptors (Lipinski definition) is 5. The molecule has 1 aromatic heterocycles. The number of imide groups is 1. The van der Waals surface area contributed by atoms with Crippen LogP contribution in [0.1, 0.15) is 18.2 Å². The van der Waals surface area contributed by atoms with E-state index in [1.807, 2.05) is 18.2 Å². The summed E-state index contributed by atoms with van der Waals surface area (Å²) in [5.41, 5.74) is 0.479. The van der Waals surface area contributed by atoms with Gasteiger partial charge in [0.1, 0.15) is 22.8 Å². The van der Waals surface area contributed by atoms with E-state index in [4.69, 9.17) is 9.26 Å². The van der Waals surface area contributed by atoms with Crippen molar-refractivity contribution in [2.75, 3.05) is 7.11 Å². The summed E-state index contributed by atoms with van der Waals surface area (Å²) in [7, 11) is 1.56. The number of halogens is 1.